The van der Waals surface area contributed by atoms with Gasteiger partial charge in [-0.1, -0.05) is 29.3 Å². The summed E-state index contributed by atoms with van der Waals surface area (Å²) in [4.78, 5) is 14.2. The predicted molar refractivity (Wildman–Crippen MR) is 101 cm³/mol. The first-order valence-electron chi connectivity index (χ1n) is 7.96. The summed E-state index contributed by atoms with van der Waals surface area (Å²) in [6.45, 7) is 6.80. The molecule has 0 saturated carbocycles. The molecule has 2 aromatic rings. The Balaban J connectivity index is 2.34. The smallest absolute Gasteiger partial charge is 0.261 e. The topological polar surface area (TPSA) is 66.5 Å². The van der Waals surface area contributed by atoms with E-state index in [-0.39, 0.29) is 21.5 Å². The van der Waals surface area contributed by atoms with Crippen LogP contribution in [0.4, 0.5) is 5.69 Å². The number of benzene rings is 2. The maximum absolute atomic E-state index is 12.5. The van der Waals surface area contributed by atoms with Gasteiger partial charge in [-0.15, -0.1) is 0 Å². The second-order valence-corrected chi connectivity index (χ2v) is 7.68. The van der Waals surface area contributed by atoms with Gasteiger partial charge >= 0.3 is 0 Å². The molecule has 25 heavy (non-hydrogen) atoms. The fourth-order valence-electron chi connectivity index (χ4n) is 2.35. The van der Waals surface area contributed by atoms with E-state index in [1.165, 1.54) is 24.3 Å². The van der Waals surface area contributed by atoms with E-state index in [4.69, 9.17) is 11.6 Å². The molecule has 0 aromatic heterocycles. The number of anilines is 1. The van der Waals surface area contributed by atoms with Crippen molar-refractivity contribution in [1.82, 2.24) is 4.90 Å². The average Bonchev–Trinajstić information content (AvgIpc) is 2.58. The van der Waals surface area contributed by atoms with Gasteiger partial charge in [0.1, 0.15) is 0 Å². The number of carbonyl (C=O) groups excluding carboxylic acids is 1. The molecule has 0 saturated heterocycles. The minimum Gasteiger partial charge on any atom is -0.339 e. The van der Waals surface area contributed by atoms with Gasteiger partial charge < -0.3 is 4.90 Å². The van der Waals surface area contributed by atoms with Crippen LogP contribution in [0.15, 0.2) is 47.4 Å². The fraction of sp³-hybridized carbons (Fsp3) is 0.278. The molecular weight excluding hydrogens is 360 g/mol. The van der Waals surface area contributed by atoms with Crippen LogP contribution in [-0.4, -0.2) is 32.3 Å². The van der Waals surface area contributed by atoms with Crippen LogP contribution in [0.3, 0.4) is 0 Å². The normalized spacial score (nSPS) is 11.2. The molecule has 1 N–H and O–H groups in total. The van der Waals surface area contributed by atoms with E-state index < -0.39 is 10.0 Å². The summed E-state index contributed by atoms with van der Waals surface area (Å²) < 4.78 is 27.5. The highest BCUT2D eigenvalue weighted by molar-refractivity contribution is 7.92. The third-order valence-corrected chi connectivity index (χ3v) is 5.55. The average molecular weight is 381 g/mol. The van der Waals surface area contributed by atoms with Crippen molar-refractivity contribution in [3.63, 3.8) is 0 Å². The number of carbonyl (C=O) groups is 1. The van der Waals surface area contributed by atoms with Gasteiger partial charge in [-0.25, -0.2) is 8.42 Å². The largest absolute Gasteiger partial charge is 0.339 e. The fourth-order valence-corrected chi connectivity index (χ4v) is 3.64. The molecule has 0 fully saturated rings. The first kappa shape index (κ1) is 19.3. The van der Waals surface area contributed by atoms with Crippen LogP contribution < -0.4 is 4.72 Å². The lowest BCUT2D eigenvalue weighted by Gasteiger charge is -2.19. The lowest BCUT2D eigenvalue weighted by atomic mass is 10.1. The molecule has 5 nitrogen and oxygen atoms in total. The minimum atomic E-state index is -3.79. The second kappa shape index (κ2) is 7.89. The van der Waals surface area contributed by atoms with E-state index in [0.29, 0.717) is 18.7 Å². The van der Waals surface area contributed by atoms with Gasteiger partial charge in [-0.3, -0.25) is 9.52 Å². The summed E-state index contributed by atoms with van der Waals surface area (Å²) in [6.07, 6.45) is 0. The van der Waals surface area contributed by atoms with Crippen molar-refractivity contribution in [3.05, 3.63) is 58.6 Å². The molecule has 0 atom stereocenters. The van der Waals surface area contributed by atoms with Crippen LogP contribution in [0.25, 0.3) is 0 Å². The monoisotopic (exact) mass is 380 g/mol. The van der Waals surface area contributed by atoms with E-state index in [1.807, 2.05) is 20.8 Å². The summed E-state index contributed by atoms with van der Waals surface area (Å²) in [7, 11) is -3.79. The Morgan fingerprint density at radius 1 is 1.08 bits per heavy atom. The number of hydrogen-bond donors (Lipinski definition) is 1. The van der Waals surface area contributed by atoms with Crippen molar-refractivity contribution in [2.75, 3.05) is 17.8 Å². The van der Waals surface area contributed by atoms with Gasteiger partial charge in [-0.2, -0.15) is 0 Å². The Labute approximate surface area is 153 Å². The maximum Gasteiger partial charge on any atom is 0.261 e. The predicted octanol–water partition coefficient (Wildman–Crippen LogP) is 3.93. The molecule has 0 aliphatic heterocycles. The summed E-state index contributed by atoms with van der Waals surface area (Å²) >= 11 is 6.12. The van der Waals surface area contributed by atoms with Crippen LogP contribution in [0.5, 0.6) is 0 Å². The van der Waals surface area contributed by atoms with Crippen LogP contribution in [-0.2, 0) is 10.0 Å². The Morgan fingerprint density at radius 3 is 2.24 bits per heavy atom. The number of rotatable bonds is 6. The van der Waals surface area contributed by atoms with E-state index in [9.17, 15) is 13.2 Å². The first-order valence-corrected chi connectivity index (χ1v) is 9.83. The van der Waals surface area contributed by atoms with Crippen molar-refractivity contribution in [3.8, 4) is 0 Å². The Kier molecular flexibility index (Phi) is 6.08. The van der Waals surface area contributed by atoms with Crippen LogP contribution >= 0.6 is 11.6 Å². The van der Waals surface area contributed by atoms with Crippen LogP contribution in [0, 0.1) is 6.92 Å². The third-order valence-electron chi connectivity index (χ3n) is 3.84. The van der Waals surface area contributed by atoms with Crippen LogP contribution in [0.2, 0.25) is 5.02 Å². The molecule has 7 heteroatoms. The van der Waals surface area contributed by atoms with Gasteiger partial charge in [0.25, 0.3) is 15.9 Å². The molecule has 0 radical (unpaired) electrons. The van der Waals surface area contributed by atoms with Crippen molar-refractivity contribution in [2.24, 2.45) is 0 Å². The van der Waals surface area contributed by atoms with Gasteiger partial charge in [0.05, 0.1) is 15.6 Å². The first-order chi connectivity index (χ1) is 11.8. The summed E-state index contributed by atoms with van der Waals surface area (Å²) in [5.41, 5.74) is 1.53. The number of nitrogens with one attached hydrogen (secondary N) is 1. The molecule has 0 bridgehead atoms. The van der Waals surface area contributed by atoms with Crippen molar-refractivity contribution < 1.29 is 13.2 Å². The van der Waals surface area contributed by atoms with Crippen molar-refractivity contribution in [2.45, 2.75) is 25.7 Å². The Morgan fingerprint density at radius 2 is 1.68 bits per heavy atom. The zero-order valence-corrected chi connectivity index (χ0v) is 16.0. The number of hydrogen-bond acceptors (Lipinski definition) is 3. The van der Waals surface area contributed by atoms with Gasteiger partial charge in [-0.05, 0) is 51.1 Å². The standard InChI is InChI=1S/C18H21ClN2O3S/c1-4-21(5-2)18(22)14-8-11-16(19)17(12-14)20-25(23,24)15-9-6-13(3)7-10-15/h6-12,20H,4-5H2,1-3H3. The summed E-state index contributed by atoms with van der Waals surface area (Å²) in [5, 5.41) is 0.229. The summed E-state index contributed by atoms with van der Waals surface area (Å²) in [6, 6.07) is 11.1. The molecule has 134 valence electrons. The zero-order chi connectivity index (χ0) is 18.6. The number of halogens is 1. The van der Waals surface area contributed by atoms with Gasteiger partial charge in [0.15, 0.2) is 0 Å². The van der Waals surface area contributed by atoms with E-state index in [0.717, 1.165) is 5.56 Å². The SMILES string of the molecule is CCN(CC)C(=O)c1ccc(Cl)c(NS(=O)(=O)c2ccc(C)cc2)c1. The van der Waals surface area contributed by atoms with E-state index in [1.54, 1.807) is 23.1 Å². The Bertz CT molecular complexity index is 860. The highest BCUT2D eigenvalue weighted by Gasteiger charge is 2.18. The van der Waals surface area contributed by atoms with Crippen molar-refractivity contribution >= 4 is 33.2 Å². The molecule has 2 aromatic carbocycles. The number of aryl methyl sites for hydroxylation is 1. The highest BCUT2D eigenvalue weighted by Crippen LogP contribution is 2.26. The third kappa shape index (κ3) is 4.52. The zero-order valence-electron chi connectivity index (χ0n) is 14.4. The molecule has 0 heterocycles. The molecular formula is C18H21ClN2O3S. The van der Waals surface area contributed by atoms with Gasteiger partial charge in [0, 0.05) is 18.7 Å². The lowest BCUT2D eigenvalue weighted by molar-refractivity contribution is 0.0773. The lowest BCUT2D eigenvalue weighted by Crippen LogP contribution is -2.30. The molecule has 0 spiro atoms. The quantitative estimate of drug-likeness (QED) is 0.825. The maximum atomic E-state index is 12.5. The molecule has 1 amide bonds. The molecule has 2 rings (SSSR count). The minimum absolute atomic E-state index is 0.134. The highest BCUT2D eigenvalue weighted by atomic mass is 35.5. The second-order valence-electron chi connectivity index (χ2n) is 5.59. The van der Waals surface area contributed by atoms with E-state index >= 15 is 0 Å². The summed E-state index contributed by atoms with van der Waals surface area (Å²) in [5.74, 6) is -0.169. The van der Waals surface area contributed by atoms with Gasteiger partial charge in [0.2, 0.25) is 0 Å². The van der Waals surface area contributed by atoms with E-state index in [2.05, 4.69) is 4.72 Å². The van der Waals surface area contributed by atoms with Crippen LogP contribution in [0.1, 0.15) is 29.8 Å². The molecule has 0 unspecified atom stereocenters. The number of amides is 1. The molecule has 0 aliphatic rings. The Hall–Kier alpha value is -2.05. The molecule has 0 aliphatic carbocycles. The number of sulfonamides is 1. The van der Waals surface area contributed by atoms with Crippen molar-refractivity contribution in [1.29, 1.82) is 0 Å². The number of nitrogens with zero attached hydrogens (tertiary/aromatic N) is 1.